The van der Waals surface area contributed by atoms with Crippen LogP contribution in [0.2, 0.25) is 0 Å². The molecule has 7 N–H and O–H groups in total. The van der Waals surface area contributed by atoms with Gasteiger partial charge in [-0.25, -0.2) is 4.99 Å². The molecule has 7 nitrogen and oxygen atoms in total. The molecule has 2 unspecified atom stereocenters. The van der Waals surface area contributed by atoms with Gasteiger partial charge in [0.1, 0.15) is 0 Å². The van der Waals surface area contributed by atoms with Gasteiger partial charge in [0.25, 0.3) is 0 Å². The smallest absolute Gasteiger partial charge is 0.311 e. The van der Waals surface area contributed by atoms with Gasteiger partial charge >= 0.3 is 5.97 Å². The predicted molar refractivity (Wildman–Crippen MR) is 162 cm³/mol. The first-order valence-corrected chi connectivity index (χ1v) is 16.3. The van der Waals surface area contributed by atoms with E-state index in [4.69, 9.17) is 21.9 Å². The third-order valence-corrected chi connectivity index (χ3v) is 11.9. The van der Waals surface area contributed by atoms with Crippen LogP contribution in [0, 0.1) is 52.3 Å². The van der Waals surface area contributed by atoms with Crippen LogP contribution in [-0.2, 0) is 9.53 Å². The Morgan fingerprint density at radius 1 is 1.10 bits per heavy atom. The minimum atomic E-state index is -0.738. The fourth-order valence-corrected chi connectivity index (χ4v) is 9.93. The molecule has 4 aliphatic carbocycles. The van der Waals surface area contributed by atoms with E-state index in [1.165, 1.54) is 44.1 Å². The van der Waals surface area contributed by atoms with E-state index in [9.17, 15) is 9.90 Å². The van der Waals surface area contributed by atoms with E-state index in [1.807, 2.05) is 0 Å². The number of guanidine groups is 1. The molecule has 0 aromatic carbocycles. The summed E-state index contributed by atoms with van der Waals surface area (Å²) in [6.45, 7) is 12.5. The summed E-state index contributed by atoms with van der Waals surface area (Å²) in [5, 5.41) is 10.9. The maximum atomic E-state index is 13.9. The van der Waals surface area contributed by atoms with E-state index in [0.29, 0.717) is 55.4 Å². The third kappa shape index (κ3) is 6.11. The van der Waals surface area contributed by atoms with Gasteiger partial charge < -0.3 is 27.0 Å². The van der Waals surface area contributed by atoms with Crippen molar-refractivity contribution in [2.24, 2.45) is 74.4 Å². The van der Waals surface area contributed by atoms with E-state index in [2.05, 4.69) is 45.7 Å². The highest BCUT2D eigenvalue weighted by Crippen LogP contribution is 2.68. The predicted octanol–water partition coefficient (Wildman–Crippen LogP) is 5.50. The van der Waals surface area contributed by atoms with Gasteiger partial charge in [0.05, 0.1) is 12.0 Å². The number of carbonyl (C=O) groups excluding carboxylic acids is 1. The minimum absolute atomic E-state index is 0.0937. The van der Waals surface area contributed by atoms with Crippen LogP contribution in [0.4, 0.5) is 0 Å². The molecule has 0 aliphatic heterocycles. The molecule has 4 aliphatic rings. The second kappa shape index (κ2) is 12.7. The molecule has 0 aromatic rings. The van der Waals surface area contributed by atoms with Crippen molar-refractivity contribution in [3.8, 4) is 0 Å². The van der Waals surface area contributed by atoms with E-state index in [0.717, 1.165) is 30.6 Å². The summed E-state index contributed by atoms with van der Waals surface area (Å²) in [4.78, 5) is 18.1. The monoisotopic (exact) mass is 558 g/mol. The molecule has 228 valence electrons. The average Bonchev–Trinajstić information content (AvgIpc) is 3.24. The van der Waals surface area contributed by atoms with Crippen LogP contribution in [0.5, 0.6) is 0 Å². The van der Waals surface area contributed by atoms with Gasteiger partial charge in [0.2, 0.25) is 0 Å². The highest BCUT2D eigenvalue weighted by atomic mass is 16.6. The first-order valence-electron chi connectivity index (χ1n) is 16.3. The minimum Gasteiger partial charge on any atom is -0.439 e. The third-order valence-electron chi connectivity index (χ3n) is 11.9. The Morgan fingerprint density at radius 3 is 2.52 bits per heavy atom. The first-order chi connectivity index (χ1) is 18.9. The number of rotatable bonds is 11. The Hall–Kier alpha value is -1.60. The summed E-state index contributed by atoms with van der Waals surface area (Å²) >= 11 is 0. The molecule has 3 saturated carbocycles. The molecule has 4 rings (SSSR count). The Bertz CT molecular complexity index is 946. The summed E-state index contributed by atoms with van der Waals surface area (Å²) < 4.78 is 5.97. The molecule has 10 atom stereocenters. The summed E-state index contributed by atoms with van der Waals surface area (Å²) in [5.41, 5.74) is 18.3. The van der Waals surface area contributed by atoms with E-state index >= 15 is 0 Å². The quantitative estimate of drug-likeness (QED) is 0.114. The van der Waals surface area contributed by atoms with Gasteiger partial charge in [-0.2, -0.15) is 0 Å². The van der Waals surface area contributed by atoms with Crippen LogP contribution in [0.25, 0.3) is 0 Å². The summed E-state index contributed by atoms with van der Waals surface area (Å²) in [7, 11) is 0. The molecule has 0 bridgehead atoms. The number of aliphatic hydroxyl groups excluding tert-OH is 1. The summed E-state index contributed by atoms with van der Waals surface area (Å²) in [6.07, 6.45) is 13.5. The summed E-state index contributed by atoms with van der Waals surface area (Å²) in [6, 6.07) is 0. The van der Waals surface area contributed by atoms with Gasteiger partial charge in [-0.05, 0) is 98.8 Å². The average molecular weight is 559 g/mol. The lowest BCUT2D eigenvalue weighted by molar-refractivity contribution is -0.167. The maximum Gasteiger partial charge on any atom is 0.311 e. The van der Waals surface area contributed by atoms with Gasteiger partial charge in [0.15, 0.2) is 12.2 Å². The Balaban J connectivity index is 1.55. The van der Waals surface area contributed by atoms with Gasteiger partial charge in [-0.3, -0.25) is 4.79 Å². The number of aliphatic hydroxyl groups is 1. The number of esters is 1. The van der Waals surface area contributed by atoms with Gasteiger partial charge in [-0.1, -0.05) is 65.5 Å². The van der Waals surface area contributed by atoms with Crippen molar-refractivity contribution in [2.75, 3.05) is 6.54 Å². The zero-order chi connectivity index (χ0) is 29.2. The zero-order valence-corrected chi connectivity index (χ0v) is 25.9. The highest BCUT2D eigenvalue weighted by molar-refractivity contribution is 5.77. The lowest BCUT2D eigenvalue weighted by Gasteiger charge is -2.60. The molecular weight excluding hydrogens is 500 g/mol. The van der Waals surface area contributed by atoms with Crippen molar-refractivity contribution < 1.29 is 14.6 Å². The largest absolute Gasteiger partial charge is 0.439 e. The topological polar surface area (TPSA) is 137 Å². The number of aliphatic imine (C=N–C) groups is 1. The molecule has 0 heterocycles. The molecular formula is C33H58N4O3. The molecule has 40 heavy (non-hydrogen) atoms. The van der Waals surface area contributed by atoms with Crippen molar-refractivity contribution in [2.45, 2.75) is 124 Å². The zero-order valence-electron chi connectivity index (χ0n) is 25.9. The van der Waals surface area contributed by atoms with Crippen LogP contribution in [0.3, 0.4) is 0 Å². The fraction of sp³-hybridized carbons (Fsp3) is 0.879. The van der Waals surface area contributed by atoms with Crippen LogP contribution in [0.1, 0.15) is 112 Å². The first kappa shape index (κ1) is 31.3. The molecule has 0 amide bonds. The SMILES string of the molecule is CC(C)CCC[C@@H](C)[C@H]1CC[C@H]2[C@@H]3CC=C4C[C@@H](O)CC(C(=O)OC(CCCN)N=C(N)N)[C@@]4(C)[C@H]3CC[C@]12C. The van der Waals surface area contributed by atoms with Gasteiger partial charge in [0, 0.05) is 11.8 Å². The number of allylic oxidation sites excluding steroid dienone is 1. The van der Waals surface area contributed by atoms with Gasteiger partial charge in [-0.15, -0.1) is 0 Å². The van der Waals surface area contributed by atoms with Crippen LogP contribution in [-0.4, -0.2) is 35.9 Å². The van der Waals surface area contributed by atoms with Crippen LogP contribution in [0.15, 0.2) is 16.6 Å². The number of nitrogens with two attached hydrogens (primary N) is 3. The molecule has 0 saturated heterocycles. The molecule has 0 aromatic heterocycles. The number of ether oxygens (including phenoxy) is 1. The lowest BCUT2D eigenvalue weighted by Crippen LogP contribution is -2.55. The molecule has 0 radical (unpaired) electrons. The second-order valence-corrected chi connectivity index (χ2v) is 14.7. The van der Waals surface area contributed by atoms with E-state index in [1.54, 1.807) is 0 Å². The van der Waals surface area contributed by atoms with Crippen LogP contribution >= 0.6 is 0 Å². The second-order valence-electron chi connectivity index (χ2n) is 14.7. The molecule has 7 heteroatoms. The Kier molecular flexibility index (Phi) is 9.97. The standard InChI is InChI=1S/C33H58N4O3/c1-20(2)8-6-9-21(3)25-13-14-26-24-12-11-22-18-23(38)19-28(33(22,5)27(24)15-16-32(25,26)4)30(39)40-29(10-7-17-34)37-31(35)36/h11,20-21,23-29,38H,6-10,12-19,34H2,1-5H3,(H4,35,36,37)/t21-,23-,24+,25-,26+,27+,28?,29?,32-,33-/m1/s1. The van der Waals surface area contributed by atoms with E-state index < -0.39 is 18.2 Å². The number of hydrogen-bond acceptors (Lipinski definition) is 5. The number of carbonyl (C=O) groups is 1. The summed E-state index contributed by atoms with van der Waals surface area (Å²) in [5.74, 6) is 3.27. The Labute approximate surface area is 243 Å². The van der Waals surface area contributed by atoms with Crippen molar-refractivity contribution in [1.29, 1.82) is 0 Å². The van der Waals surface area contributed by atoms with Crippen molar-refractivity contribution in [3.05, 3.63) is 11.6 Å². The highest BCUT2D eigenvalue weighted by Gasteiger charge is 2.62. The molecule has 0 spiro atoms. The maximum absolute atomic E-state index is 13.9. The molecule has 3 fully saturated rings. The fourth-order valence-electron chi connectivity index (χ4n) is 9.93. The normalized spacial score (nSPS) is 38.5. The van der Waals surface area contributed by atoms with Crippen molar-refractivity contribution in [1.82, 2.24) is 0 Å². The Morgan fingerprint density at radius 2 is 1.85 bits per heavy atom. The van der Waals surface area contributed by atoms with Crippen LogP contribution < -0.4 is 17.2 Å². The van der Waals surface area contributed by atoms with Crippen molar-refractivity contribution >= 4 is 11.9 Å². The number of nitrogens with zero attached hydrogens (tertiary/aromatic N) is 1. The van der Waals surface area contributed by atoms with E-state index in [-0.39, 0.29) is 17.3 Å². The van der Waals surface area contributed by atoms with Crippen molar-refractivity contribution in [3.63, 3.8) is 0 Å². The lowest BCUT2D eigenvalue weighted by atomic mass is 9.44. The number of fused-ring (bicyclic) bond motifs is 5. The number of hydrogen-bond donors (Lipinski definition) is 4.